The Hall–Kier alpha value is -2.16. The van der Waals surface area contributed by atoms with Crippen molar-refractivity contribution in [2.45, 2.75) is 32.4 Å². The van der Waals surface area contributed by atoms with E-state index in [4.69, 9.17) is 4.74 Å². The molecule has 0 fully saturated rings. The molecule has 0 aromatic heterocycles. The average molecular weight is 313 g/mol. The minimum absolute atomic E-state index is 0.0356. The van der Waals surface area contributed by atoms with Gasteiger partial charge >= 0.3 is 6.18 Å². The first kappa shape index (κ1) is 17.9. The second-order valence-electron chi connectivity index (χ2n) is 4.55. The molecule has 0 saturated heterocycles. The van der Waals surface area contributed by atoms with Crippen LogP contribution < -0.4 is 10.1 Å². The van der Waals surface area contributed by atoms with Crippen molar-refractivity contribution >= 4 is 5.91 Å². The molecule has 1 aromatic rings. The van der Waals surface area contributed by atoms with Crippen LogP contribution in [0.1, 0.15) is 31.7 Å². The number of unbranched alkanes of at least 4 members (excludes halogenated alkanes) is 1. The summed E-state index contributed by atoms with van der Waals surface area (Å²) >= 11 is 0. The Morgan fingerprint density at radius 3 is 2.77 bits per heavy atom. The van der Waals surface area contributed by atoms with E-state index in [-0.39, 0.29) is 24.8 Å². The van der Waals surface area contributed by atoms with Gasteiger partial charge in [0.1, 0.15) is 12.4 Å². The highest BCUT2D eigenvalue weighted by atomic mass is 19.4. The predicted molar refractivity (Wildman–Crippen MR) is 77.2 cm³/mol. The maximum absolute atomic E-state index is 12.5. The Bertz CT molecular complexity index is 544. The number of amides is 1. The largest absolute Gasteiger partial charge is 0.481 e. The Morgan fingerprint density at radius 1 is 1.32 bits per heavy atom. The summed E-state index contributed by atoms with van der Waals surface area (Å²) in [7, 11) is 0. The Kier molecular flexibility index (Phi) is 7.30. The van der Waals surface area contributed by atoms with Gasteiger partial charge in [-0.1, -0.05) is 31.3 Å². The van der Waals surface area contributed by atoms with Crippen molar-refractivity contribution in [1.82, 2.24) is 5.32 Å². The topological polar surface area (TPSA) is 38.3 Å². The number of carbonyl (C=O) groups excluding carboxylic acids is 1. The number of rotatable bonds is 6. The fraction of sp³-hybridized carbons (Fsp3) is 0.438. The molecule has 0 aliphatic rings. The van der Waals surface area contributed by atoms with E-state index in [1.54, 1.807) is 0 Å². The molecule has 1 aromatic carbocycles. The standard InChI is InChI=1S/C16H18F3NO2/c1-2-3-9-15(21)20-10-4-5-11-22-14-8-6-7-13(12-14)16(17,18)19/h6-8,12H,2-3,9-11H2,1H3,(H,20,21). The molecule has 22 heavy (non-hydrogen) atoms. The van der Waals surface area contributed by atoms with Gasteiger partial charge in [0.25, 0.3) is 0 Å². The molecule has 120 valence electrons. The maximum atomic E-state index is 12.5. The lowest BCUT2D eigenvalue weighted by molar-refractivity contribution is -0.137. The zero-order valence-corrected chi connectivity index (χ0v) is 12.3. The number of benzene rings is 1. The highest BCUT2D eigenvalue weighted by molar-refractivity contribution is 5.76. The molecule has 0 saturated carbocycles. The molecule has 0 atom stereocenters. The zero-order chi connectivity index (χ0) is 16.4. The number of alkyl halides is 3. The molecule has 0 bridgehead atoms. The third-order valence-electron chi connectivity index (χ3n) is 2.73. The van der Waals surface area contributed by atoms with E-state index in [9.17, 15) is 18.0 Å². The number of hydrogen-bond acceptors (Lipinski definition) is 2. The molecule has 3 nitrogen and oxygen atoms in total. The van der Waals surface area contributed by atoms with Gasteiger partial charge < -0.3 is 10.1 Å². The van der Waals surface area contributed by atoms with E-state index in [2.05, 4.69) is 17.2 Å². The van der Waals surface area contributed by atoms with E-state index >= 15 is 0 Å². The van der Waals surface area contributed by atoms with E-state index in [1.165, 1.54) is 12.1 Å². The van der Waals surface area contributed by atoms with Gasteiger partial charge in [0, 0.05) is 6.42 Å². The zero-order valence-electron chi connectivity index (χ0n) is 12.3. The van der Waals surface area contributed by atoms with Gasteiger partial charge in [-0.15, -0.1) is 0 Å². The number of hydrogen-bond donors (Lipinski definition) is 1. The highest BCUT2D eigenvalue weighted by Gasteiger charge is 2.30. The predicted octanol–water partition coefficient (Wildman–Crippen LogP) is 3.39. The van der Waals surface area contributed by atoms with Gasteiger partial charge in [-0.2, -0.15) is 13.2 Å². The summed E-state index contributed by atoms with van der Waals surface area (Å²) < 4.78 is 42.6. The van der Waals surface area contributed by atoms with Gasteiger partial charge in [-0.25, -0.2) is 0 Å². The first-order valence-electron chi connectivity index (χ1n) is 6.96. The Labute approximate surface area is 127 Å². The van der Waals surface area contributed by atoms with Crippen LogP contribution in [0.15, 0.2) is 24.3 Å². The van der Waals surface area contributed by atoms with Crippen molar-refractivity contribution in [3.63, 3.8) is 0 Å². The van der Waals surface area contributed by atoms with Crippen molar-refractivity contribution in [3.8, 4) is 17.6 Å². The molecule has 1 rings (SSSR count). The van der Waals surface area contributed by atoms with Crippen molar-refractivity contribution in [2.24, 2.45) is 0 Å². The number of halogens is 3. The van der Waals surface area contributed by atoms with Gasteiger partial charge in [0.05, 0.1) is 12.1 Å². The van der Waals surface area contributed by atoms with Crippen molar-refractivity contribution < 1.29 is 22.7 Å². The lowest BCUT2D eigenvalue weighted by Crippen LogP contribution is -2.23. The smallest absolute Gasteiger partial charge is 0.416 e. The van der Waals surface area contributed by atoms with Crippen molar-refractivity contribution in [3.05, 3.63) is 29.8 Å². The highest BCUT2D eigenvalue weighted by Crippen LogP contribution is 2.31. The van der Waals surface area contributed by atoms with Crippen LogP contribution in [0.2, 0.25) is 0 Å². The molecule has 0 radical (unpaired) electrons. The van der Waals surface area contributed by atoms with Crippen LogP contribution in [0.5, 0.6) is 5.75 Å². The van der Waals surface area contributed by atoms with Gasteiger partial charge in [-0.3, -0.25) is 4.79 Å². The van der Waals surface area contributed by atoms with Crippen molar-refractivity contribution in [1.29, 1.82) is 0 Å². The van der Waals surface area contributed by atoms with E-state index in [0.717, 1.165) is 25.0 Å². The van der Waals surface area contributed by atoms with Gasteiger partial charge in [0.2, 0.25) is 5.91 Å². The van der Waals surface area contributed by atoms with E-state index in [1.807, 2.05) is 6.92 Å². The lowest BCUT2D eigenvalue weighted by atomic mass is 10.2. The molecule has 0 heterocycles. The normalized spacial score (nSPS) is 10.5. The molecule has 0 spiro atoms. The van der Waals surface area contributed by atoms with E-state index < -0.39 is 11.7 Å². The van der Waals surface area contributed by atoms with Gasteiger partial charge in [-0.05, 0) is 24.6 Å². The fourth-order valence-corrected chi connectivity index (χ4v) is 1.56. The molecule has 0 aliphatic heterocycles. The molecule has 1 amide bonds. The monoisotopic (exact) mass is 313 g/mol. The molecular weight excluding hydrogens is 295 g/mol. The van der Waals surface area contributed by atoms with Gasteiger partial charge in [0.15, 0.2) is 0 Å². The first-order valence-corrected chi connectivity index (χ1v) is 6.96. The second-order valence-corrected chi connectivity index (χ2v) is 4.55. The molecule has 6 heteroatoms. The Morgan fingerprint density at radius 2 is 2.09 bits per heavy atom. The molecule has 0 aliphatic carbocycles. The number of nitrogens with one attached hydrogen (secondary N) is 1. The summed E-state index contributed by atoms with van der Waals surface area (Å²) in [5, 5.41) is 2.63. The summed E-state index contributed by atoms with van der Waals surface area (Å²) in [6, 6.07) is 4.61. The minimum Gasteiger partial charge on any atom is -0.481 e. The van der Waals surface area contributed by atoms with Crippen LogP contribution in [0, 0.1) is 11.8 Å². The summed E-state index contributed by atoms with van der Waals surface area (Å²) in [6.45, 7) is 2.17. The molecule has 0 unspecified atom stereocenters. The van der Waals surface area contributed by atoms with Crippen LogP contribution in [-0.2, 0) is 11.0 Å². The maximum Gasteiger partial charge on any atom is 0.416 e. The van der Waals surface area contributed by atoms with Crippen LogP contribution in [0.4, 0.5) is 13.2 Å². The van der Waals surface area contributed by atoms with Crippen LogP contribution >= 0.6 is 0 Å². The van der Waals surface area contributed by atoms with Crippen LogP contribution in [0.25, 0.3) is 0 Å². The SMILES string of the molecule is CCCCC(=O)NCC#CCOc1cccc(C(F)(F)F)c1. The first-order chi connectivity index (χ1) is 10.4. The second kappa shape index (κ2) is 8.98. The van der Waals surface area contributed by atoms with Crippen molar-refractivity contribution in [2.75, 3.05) is 13.2 Å². The minimum atomic E-state index is -4.40. The number of ether oxygens (including phenoxy) is 1. The van der Waals surface area contributed by atoms with E-state index in [0.29, 0.717) is 6.42 Å². The fourth-order valence-electron chi connectivity index (χ4n) is 1.56. The summed E-state index contributed by atoms with van der Waals surface area (Å²) in [4.78, 5) is 11.3. The molecular formula is C16H18F3NO2. The Balaban J connectivity index is 2.33. The lowest BCUT2D eigenvalue weighted by Gasteiger charge is -2.08. The van der Waals surface area contributed by atoms with Crippen LogP contribution in [0.3, 0.4) is 0 Å². The average Bonchev–Trinajstić information content (AvgIpc) is 2.48. The summed E-state index contributed by atoms with van der Waals surface area (Å²) in [6.07, 6.45) is -2.14. The number of carbonyl (C=O) groups is 1. The summed E-state index contributed by atoms with van der Waals surface area (Å²) in [5.41, 5.74) is -0.763. The molecule has 1 N–H and O–H groups in total. The quantitative estimate of drug-likeness (QED) is 0.818. The third kappa shape index (κ3) is 7.02. The van der Waals surface area contributed by atoms with Crippen LogP contribution in [-0.4, -0.2) is 19.1 Å². The summed E-state index contributed by atoms with van der Waals surface area (Å²) in [5.74, 6) is 5.36. The third-order valence-corrected chi connectivity index (χ3v) is 2.73.